The van der Waals surface area contributed by atoms with Crippen molar-refractivity contribution >= 4 is 6.08 Å². The van der Waals surface area contributed by atoms with Gasteiger partial charge in [-0.1, -0.05) is 36.4 Å². The molecule has 10 heteroatoms. The maximum Gasteiger partial charge on any atom is 0.330 e. The fourth-order valence-corrected chi connectivity index (χ4v) is 1.43. The normalized spacial score (nSPS) is 13.6. The second-order valence-electron chi connectivity index (χ2n) is 4.88. The quantitative estimate of drug-likeness (QED) is 0.428. The highest BCUT2D eigenvalue weighted by atomic mass is 19.3. The SMILES string of the molecule is FC(F)C(F)(F)COC(/C=C/c1ccccc1)OCC(F)(F)C(F)F. The molecular formula is C15H14F8O2. The summed E-state index contributed by atoms with van der Waals surface area (Å²) in [6, 6.07) is 7.97. The van der Waals surface area contributed by atoms with Gasteiger partial charge in [0.1, 0.15) is 13.2 Å². The summed E-state index contributed by atoms with van der Waals surface area (Å²) in [4.78, 5) is 0. The van der Waals surface area contributed by atoms with Gasteiger partial charge in [0.15, 0.2) is 6.29 Å². The maximum atomic E-state index is 12.8. The van der Waals surface area contributed by atoms with Crippen LogP contribution < -0.4 is 0 Å². The van der Waals surface area contributed by atoms with Crippen LogP contribution in [0.4, 0.5) is 35.1 Å². The molecule has 0 unspecified atom stereocenters. The molecule has 0 aromatic heterocycles. The predicted octanol–water partition coefficient (Wildman–Crippen LogP) is 4.86. The molecule has 1 aromatic carbocycles. The molecule has 0 heterocycles. The first-order valence-corrected chi connectivity index (χ1v) is 6.83. The minimum Gasteiger partial charge on any atom is -0.342 e. The minimum atomic E-state index is -4.55. The van der Waals surface area contributed by atoms with Crippen molar-refractivity contribution in [2.75, 3.05) is 13.2 Å². The Morgan fingerprint density at radius 1 is 0.800 bits per heavy atom. The number of benzene rings is 1. The molecule has 0 aliphatic heterocycles. The van der Waals surface area contributed by atoms with Crippen LogP contribution in [-0.2, 0) is 9.47 Å². The van der Waals surface area contributed by atoms with Crippen LogP contribution in [0.25, 0.3) is 6.08 Å². The van der Waals surface area contributed by atoms with Gasteiger partial charge in [0, 0.05) is 0 Å². The molecule has 0 saturated carbocycles. The van der Waals surface area contributed by atoms with Gasteiger partial charge in [0.05, 0.1) is 0 Å². The van der Waals surface area contributed by atoms with E-state index in [0.29, 0.717) is 5.56 Å². The first-order chi connectivity index (χ1) is 11.5. The van der Waals surface area contributed by atoms with E-state index in [1.54, 1.807) is 30.3 Å². The van der Waals surface area contributed by atoms with Gasteiger partial charge in [-0.15, -0.1) is 0 Å². The molecule has 0 spiro atoms. The van der Waals surface area contributed by atoms with Crippen molar-refractivity contribution in [2.45, 2.75) is 31.0 Å². The summed E-state index contributed by atoms with van der Waals surface area (Å²) >= 11 is 0. The van der Waals surface area contributed by atoms with Crippen LogP contribution in [0.1, 0.15) is 5.56 Å². The van der Waals surface area contributed by atoms with Crippen molar-refractivity contribution in [1.29, 1.82) is 0 Å². The van der Waals surface area contributed by atoms with Crippen molar-refractivity contribution in [3.63, 3.8) is 0 Å². The summed E-state index contributed by atoms with van der Waals surface area (Å²) in [5, 5.41) is 0. The Bertz CT molecular complexity index is 510. The Labute approximate surface area is 138 Å². The highest BCUT2D eigenvalue weighted by molar-refractivity contribution is 5.48. The molecule has 1 rings (SSSR count). The van der Waals surface area contributed by atoms with E-state index < -0.39 is 44.2 Å². The van der Waals surface area contributed by atoms with E-state index in [2.05, 4.69) is 9.47 Å². The first kappa shape index (κ1) is 21.4. The summed E-state index contributed by atoms with van der Waals surface area (Å²) in [5.74, 6) is -9.10. The maximum absolute atomic E-state index is 12.8. The third-order valence-electron chi connectivity index (χ3n) is 2.76. The zero-order valence-corrected chi connectivity index (χ0v) is 12.5. The Morgan fingerprint density at radius 3 is 1.64 bits per heavy atom. The highest BCUT2D eigenvalue weighted by Crippen LogP contribution is 2.26. The van der Waals surface area contributed by atoms with E-state index >= 15 is 0 Å². The van der Waals surface area contributed by atoms with E-state index in [9.17, 15) is 35.1 Å². The second kappa shape index (κ2) is 9.14. The van der Waals surface area contributed by atoms with Gasteiger partial charge in [-0.05, 0) is 11.6 Å². The molecule has 0 radical (unpaired) electrons. The number of hydrogen-bond acceptors (Lipinski definition) is 2. The summed E-state index contributed by atoms with van der Waals surface area (Å²) in [5.41, 5.74) is 0.487. The van der Waals surface area contributed by atoms with Crippen LogP contribution in [0, 0.1) is 0 Å². The topological polar surface area (TPSA) is 18.5 Å². The predicted molar refractivity (Wildman–Crippen MR) is 73.1 cm³/mol. The molecule has 0 atom stereocenters. The smallest absolute Gasteiger partial charge is 0.330 e. The molecular weight excluding hydrogens is 364 g/mol. The summed E-state index contributed by atoms with van der Waals surface area (Å²) in [6.07, 6.45) is -7.96. The number of hydrogen-bond donors (Lipinski definition) is 0. The molecule has 0 aliphatic carbocycles. The van der Waals surface area contributed by atoms with Crippen LogP contribution >= 0.6 is 0 Å². The van der Waals surface area contributed by atoms with Crippen molar-refractivity contribution in [3.8, 4) is 0 Å². The lowest BCUT2D eigenvalue weighted by atomic mass is 10.2. The zero-order valence-electron chi connectivity index (χ0n) is 12.5. The van der Waals surface area contributed by atoms with E-state index in [-0.39, 0.29) is 0 Å². The van der Waals surface area contributed by atoms with Crippen molar-refractivity contribution in [1.82, 2.24) is 0 Å². The largest absolute Gasteiger partial charge is 0.342 e. The summed E-state index contributed by atoms with van der Waals surface area (Å²) < 4.78 is 108. The van der Waals surface area contributed by atoms with Gasteiger partial charge in [-0.25, -0.2) is 17.6 Å². The monoisotopic (exact) mass is 378 g/mol. The van der Waals surface area contributed by atoms with Crippen LogP contribution in [0.3, 0.4) is 0 Å². The van der Waals surface area contributed by atoms with Crippen LogP contribution in [0.5, 0.6) is 0 Å². The molecule has 0 N–H and O–H groups in total. The third-order valence-corrected chi connectivity index (χ3v) is 2.76. The average molecular weight is 378 g/mol. The Kier molecular flexibility index (Phi) is 7.81. The molecule has 142 valence electrons. The Hall–Kier alpha value is -1.68. The molecule has 1 aromatic rings. The standard InChI is InChI=1S/C15H14F8O2/c16-12(17)14(20,21)8-24-11(25-9-15(22,23)13(18)19)7-6-10-4-2-1-3-5-10/h1-7,11-13H,8-9H2/b7-6+. The van der Waals surface area contributed by atoms with Gasteiger partial charge >= 0.3 is 24.7 Å². The lowest BCUT2D eigenvalue weighted by Crippen LogP contribution is -2.37. The molecule has 0 fully saturated rings. The first-order valence-electron chi connectivity index (χ1n) is 6.83. The van der Waals surface area contributed by atoms with Gasteiger partial charge in [-0.2, -0.15) is 17.6 Å². The van der Waals surface area contributed by atoms with Gasteiger partial charge in [-0.3, -0.25) is 0 Å². The van der Waals surface area contributed by atoms with E-state index in [1.807, 2.05) is 0 Å². The average Bonchev–Trinajstić information content (AvgIpc) is 2.54. The second-order valence-corrected chi connectivity index (χ2v) is 4.88. The lowest BCUT2D eigenvalue weighted by Gasteiger charge is -2.22. The minimum absolute atomic E-state index is 0.487. The summed E-state index contributed by atoms with van der Waals surface area (Å²) in [7, 11) is 0. The number of alkyl halides is 8. The Morgan fingerprint density at radius 2 is 1.24 bits per heavy atom. The van der Waals surface area contributed by atoms with Gasteiger partial charge in [0.25, 0.3) is 0 Å². The fourth-order valence-electron chi connectivity index (χ4n) is 1.43. The van der Waals surface area contributed by atoms with Gasteiger partial charge < -0.3 is 9.47 Å². The third kappa shape index (κ3) is 7.39. The van der Waals surface area contributed by atoms with Crippen LogP contribution in [0.2, 0.25) is 0 Å². The Balaban J connectivity index is 2.77. The molecule has 0 saturated heterocycles. The number of rotatable bonds is 10. The van der Waals surface area contributed by atoms with Crippen molar-refractivity contribution < 1.29 is 44.6 Å². The molecule has 25 heavy (non-hydrogen) atoms. The van der Waals surface area contributed by atoms with Crippen molar-refractivity contribution in [2.24, 2.45) is 0 Å². The fraction of sp³-hybridized carbons (Fsp3) is 0.467. The van der Waals surface area contributed by atoms with Gasteiger partial charge in [0.2, 0.25) is 0 Å². The molecule has 2 nitrogen and oxygen atoms in total. The van der Waals surface area contributed by atoms with Crippen molar-refractivity contribution in [3.05, 3.63) is 42.0 Å². The van der Waals surface area contributed by atoms with E-state index in [0.717, 1.165) is 6.08 Å². The lowest BCUT2D eigenvalue weighted by molar-refractivity contribution is -0.234. The van der Waals surface area contributed by atoms with E-state index in [4.69, 9.17) is 0 Å². The van der Waals surface area contributed by atoms with Crippen LogP contribution in [-0.4, -0.2) is 44.2 Å². The zero-order chi connectivity index (χ0) is 19.1. The number of ether oxygens (including phenoxy) is 2. The molecule has 0 amide bonds. The van der Waals surface area contributed by atoms with Crippen LogP contribution in [0.15, 0.2) is 36.4 Å². The number of halogens is 8. The summed E-state index contributed by atoms with van der Waals surface area (Å²) in [6.45, 7) is -3.68. The molecule has 0 bridgehead atoms. The highest BCUT2D eigenvalue weighted by Gasteiger charge is 2.43. The van der Waals surface area contributed by atoms with E-state index in [1.165, 1.54) is 6.08 Å². The molecule has 0 aliphatic rings.